The zero-order valence-corrected chi connectivity index (χ0v) is 18.8. The second-order valence-corrected chi connectivity index (χ2v) is 7.54. The van der Waals surface area contributed by atoms with Gasteiger partial charge in [-0.2, -0.15) is 13.2 Å². The lowest BCUT2D eigenvalue weighted by Gasteiger charge is -2.18. The second-order valence-electron chi connectivity index (χ2n) is 7.54. The number of hydrogen-bond donors (Lipinski definition) is 1. The molecule has 1 unspecified atom stereocenters. The molecule has 0 aromatic heterocycles. The minimum atomic E-state index is -4.54. The summed E-state index contributed by atoms with van der Waals surface area (Å²) in [5.74, 6) is 0.322. The summed E-state index contributed by atoms with van der Waals surface area (Å²) in [6.07, 6.45) is -0.649. The highest BCUT2D eigenvalue weighted by molar-refractivity contribution is 5.88. The lowest BCUT2D eigenvalue weighted by molar-refractivity contribution is -0.139. The van der Waals surface area contributed by atoms with E-state index in [1.165, 1.54) is 6.07 Å². The number of nitrogens with one attached hydrogen (secondary N) is 1. The summed E-state index contributed by atoms with van der Waals surface area (Å²) in [5, 5.41) is 3.32. The summed E-state index contributed by atoms with van der Waals surface area (Å²) in [6.45, 7) is 5.44. The van der Waals surface area contributed by atoms with Crippen molar-refractivity contribution in [3.8, 4) is 5.75 Å². The Labute approximate surface area is 182 Å². The summed E-state index contributed by atoms with van der Waals surface area (Å²) in [7, 11) is 3.13. The van der Waals surface area contributed by atoms with Crippen molar-refractivity contribution in [2.45, 2.75) is 58.2 Å². The number of allylic oxidation sites excluding steroid dienone is 1. The van der Waals surface area contributed by atoms with E-state index >= 15 is 0 Å². The maximum atomic E-state index is 13.8. The Kier molecular flexibility index (Phi) is 9.84. The smallest absolute Gasteiger partial charge is 0.419 e. The third kappa shape index (κ3) is 7.25. The van der Waals surface area contributed by atoms with Crippen LogP contribution in [0.2, 0.25) is 0 Å². The molecule has 1 aliphatic rings. The van der Waals surface area contributed by atoms with E-state index in [4.69, 9.17) is 14.2 Å². The predicted octanol–water partition coefficient (Wildman–Crippen LogP) is 5.45. The summed E-state index contributed by atoms with van der Waals surface area (Å²) in [5.41, 5.74) is 0.983. The van der Waals surface area contributed by atoms with E-state index in [0.717, 1.165) is 37.4 Å². The molecule has 0 amide bonds. The molecule has 0 aliphatic carbocycles. The number of aliphatic imine (C=N–C) groups is 1. The van der Waals surface area contributed by atoms with Crippen molar-refractivity contribution in [2.75, 3.05) is 34.0 Å². The third-order valence-corrected chi connectivity index (χ3v) is 5.28. The zero-order chi connectivity index (χ0) is 22.9. The van der Waals surface area contributed by atoms with Gasteiger partial charge < -0.3 is 19.5 Å². The number of methoxy groups -OCH3 is 2. The lowest BCUT2D eigenvalue weighted by atomic mass is 10.0. The van der Waals surface area contributed by atoms with Gasteiger partial charge in [0, 0.05) is 19.3 Å². The molecule has 1 N–H and O–H groups in total. The van der Waals surface area contributed by atoms with E-state index in [2.05, 4.69) is 10.3 Å². The van der Waals surface area contributed by atoms with Gasteiger partial charge in [-0.15, -0.1) is 0 Å². The normalized spacial score (nSPS) is 18.2. The summed E-state index contributed by atoms with van der Waals surface area (Å²) in [4.78, 5) is 4.66. The standard InChI is InChI=1S/C23H33F3N2O3/c1-5-16(2)21(28-22(30-4)19-9-8-12-27-19)17-10-11-20(18(15-17)23(24,25)26)31-14-7-6-13-29-3/h10-11,15,19,27H,5-9,12-14H2,1-4H3. The first-order valence-electron chi connectivity index (χ1n) is 10.7. The van der Waals surface area contributed by atoms with Crippen LogP contribution in [0.25, 0.3) is 5.70 Å². The first kappa shape index (κ1) is 25.2. The van der Waals surface area contributed by atoms with E-state index in [0.29, 0.717) is 36.6 Å². The van der Waals surface area contributed by atoms with E-state index in [-0.39, 0.29) is 18.4 Å². The predicted molar refractivity (Wildman–Crippen MR) is 116 cm³/mol. The third-order valence-electron chi connectivity index (χ3n) is 5.28. The van der Waals surface area contributed by atoms with Crippen LogP contribution >= 0.6 is 0 Å². The number of ether oxygens (including phenoxy) is 3. The van der Waals surface area contributed by atoms with Crippen LogP contribution in [-0.4, -0.2) is 45.9 Å². The molecule has 0 bridgehead atoms. The molecule has 8 heteroatoms. The van der Waals surface area contributed by atoms with Crippen molar-refractivity contribution in [1.82, 2.24) is 5.32 Å². The largest absolute Gasteiger partial charge is 0.493 e. The molecule has 0 spiro atoms. The van der Waals surface area contributed by atoms with Gasteiger partial charge in [0.25, 0.3) is 0 Å². The summed E-state index contributed by atoms with van der Waals surface area (Å²) in [6, 6.07) is 4.11. The number of benzene rings is 1. The zero-order valence-electron chi connectivity index (χ0n) is 18.8. The Hall–Kier alpha value is -2.06. The highest BCUT2D eigenvalue weighted by atomic mass is 19.4. The van der Waals surface area contributed by atoms with Crippen molar-refractivity contribution in [2.24, 2.45) is 4.99 Å². The number of alkyl halides is 3. The molecular weight excluding hydrogens is 409 g/mol. The van der Waals surface area contributed by atoms with Gasteiger partial charge >= 0.3 is 6.18 Å². The number of halogens is 3. The molecule has 1 aliphatic heterocycles. The first-order chi connectivity index (χ1) is 14.8. The Bertz CT molecular complexity index is 770. The molecule has 1 aromatic carbocycles. The van der Waals surface area contributed by atoms with Crippen LogP contribution in [0, 0.1) is 0 Å². The minimum absolute atomic E-state index is 0.0264. The van der Waals surface area contributed by atoms with Crippen LogP contribution < -0.4 is 10.1 Å². The van der Waals surface area contributed by atoms with Gasteiger partial charge in [-0.05, 0) is 69.3 Å². The van der Waals surface area contributed by atoms with Crippen molar-refractivity contribution >= 4 is 11.6 Å². The molecule has 1 atom stereocenters. The van der Waals surface area contributed by atoms with Gasteiger partial charge in [0.05, 0.1) is 31.0 Å². The molecule has 0 radical (unpaired) electrons. The van der Waals surface area contributed by atoms with E-state index in [1.807, 2.05) is 13.8 Å². The van der Waals surface area contributed by atoms with Crippen LogP contribution in [0.5, 0.6) is 5.75 Å². The average Bonchev–Trinajstić information content (AvgIpc) is 3.28. The van der Waals surface area contributed by atoms with Gasteiger partial charge in [0.1, 0.15) is 5.75 Å². The maximum Gasteiger partial charge on any atom is 0.419 e. The Morgan fingerprint density at radius 3 is 2.52 bits per heavy atom. The fourth-order valence-corrected chi connectivity index (χ4v) is 3.40. The SMILES string of the molecule is CCC(C)=C(N=C(OC)C1CCCN1)c1ccc(OCCCCOC)c(C(F)(F)F)c1. The Morgan fingerprint density at radius 2 is 1.94 bits per heavy atom. The fraction of sp³-hybridized carbons (Fsp3) is 0.609. The number of nitrogens with zero attached hydrogens (tertiary/aromatic N) is 1. The van der Waals surface area contributed by atoms with Crippen LogP contribution in [0.4, 0.5) is 13.2 Å². The lowest BCUT2D eigenvalue weighted by Crippen LogP contribution is -2.32. The van der Waals surface area contributed by atoms with Crippen molar-refractivity contribution in [3.05, 3.63) is 34.9 Å². The van der Waals surface area contributed by atoms with Gasteiger partial charge in [-0.25, -0.2) is 4.99 Å². The van der Waals surface area contributed by atoms with Crippen LogP contribution in [0.3, 0.4) is 0 Å². The molecule has 5 nitrogen and oxygen atoms in total. The van der Waals surface area contributed by atoms with Gasteiger partial charge in [0.2, 0.25) is 5.90 Å². The second kappa shape index (κ2) is 12.1. The molecule has 0 saturated carbocycles. The van der Waals surface area contributed by atoms with Gasteiger partial charge in [-0.3, -0.25) is 0 Å². The molecule has 174 valence electrons. The maximum absolute atomic E-state index is 13.8. The first-order valence-corrected chi connectivity index (χ1v) is 10.7. The Balaban J connectivity index is 2.38. The number of unbranched alkanes of at least 4 members (excludes halogenated alkanes) is 1. The quantitative estimate of drug-likeness (QED) is 0.297. The molecule has 2 rings (SSSR count). The average molecular weight is 443 g/mol. The molecule has 1 saturated heterocycles. The van der Waals surface area contributed by atoms with E-state index in [9.17, 15) is 13.2 Å². The van der Waals surface area contributed by atoms with Gasteiger partial charge in [0.15, 0.2) is 0 Å². The van der Waals surface area contributed by atoms with Crippen molar-refractivity contribution < 1.29 is 27.4 Å². The van der Waals surface area contributed by atoms with Gasteiger partial charge in [-0.1, -0.05) is 6.92 Å². The van der Waals surface area contributed by atoms with Crippen LogP contribution in [0.1, 0.15) is 57.1 Å². The fourth-order valence-electron chi connectivity index (χ4n) is 3.40. The van der Waals surface area contributed by atoms with Crippen molar-refractivity contribution in [3.63, 3.8) is 0 Å². The van der Waals surface area contributed by atoms with E-state index in [1.54, 1.807) is 20.3 Å². The Morgan fingerprint density at radius 1 is 1.19 bits per heavy atom. The summed E-state index contributed by atoms with van der Waals surface area (Å²) >= 11 is 0. The highest BCUT2D eigenvalue weighted by Gasteiger charge is 2.35. The van der Waals surface area contributed by atoms with E-state index < -0.39 is 11.7 Å². The minimum Gasteiger partial charge on any atom is -0.493 e. The van der Waals surface area contributed by atoms with Crippen LogP contribution in [0.15, 0.2) is 28.8 Å². The number of rotatable bonds is 10. The number of hydrogen-bond acceptors (Lipinski definition) is 5. The van der Waals surface area contributed by atoms with Crippen LogP contribution in [-0.2, 0) is 15.7 Å². The molecule has 1 aromatic rings. The topological polar surface area (TPSA) is 52.1 Å². The molecule has 1 fully saturated rings. The monoisotopic (exact) mass is 442 g/mol. The molecule has 31 heavy (non-hydrogen) atoms. The van der Waals surface area contributed by atoms with Crippen molar-refractivity contribution in [1.29, 1.82) is 0 Å². The summed E-state index contributed by atoms with van der Waals surface area (Å²) < 4.78 is 57.3. The molecular formula is C23H33F3N2O3. The highest BCUT2D eigenvalue weighted by Crippen LogP contribution is 2.39. The molecule has 1 heterocycles.